The monoisotopic (exact) mass is 295 g/mol. The van der Waals surface area contributed by atoms with E-state index in [1.807, 2.05) is 16.8 Å². The first-order valence-corrected chi connectivity index (χ1v) is 7.23. The Hall–Kier alpha value is -2.69. The number of halogens is 1. The summed E-state index contributed by atoms with van der Waals surface area (Å²) in [5.74, 6) is 0.520. The normalized spacial score (nSPS) is 13.5. The molecule has 0 N–H and O–H groups in total. The van der Waals surface area contributed by atoms with Gasteiger partial charge < -0.3 is 4.74 Å². The lowest BCUT2D eigenvalue weighted by molar-refractivity contribution is 0.231. The lowest BCUT2D eigenvalue weighted by atomic mass is 10.0. The molecule has 0 amide bonds. The van der Waals surface area contributed by atoms with Gasteiger partial charge in [-0.25, -0.2) is 9.07 Å². The zero-order valence-corrected chi connectivity index (χ0v) is 11.9. The Morgan fingerprint density at radius 3 is 2.55 bits per heavy atom. The number of nitrogens with zero attached hydrogens (tertiary/aromatic N) is 3. The van der Waals surface area contributed by atoms with Crippen molar-refractivity contribution in [2.24, 2.45) is 0 Å². The van der Waals surface area contributed by atoms with Gasteiger partial charge in [0, 0.05) is 30.9 Å². The number of rotatable bonds is 2. The topological polar surface area (TPSA) is 39.9 Å². The highest BCUT2D eigenvalue weighted by Crippen LogP contribution is 2.40. The summed E-state index contributed by atoms with van der Waals surface area (Å²) in [5, 5.41) is 4.68. The molecule has 1 aliphatic rings. The third-order valence-electron chi connectivity index (χ3n) is 3.75. The molecule has 1 aliphatic heterocycles. The van der Waals surface area contributed by atoms with Crippen LogP contribution in [0.3, 0.4) is 0 Å². The van der Waals surface area contributed by atoms with Gasteiger partial charge in [0.15, 0.2) is 0 Å². The van der Waals surface area contributed by atoms with Gasteiger partial charge in [-0.15, -0.1) is 0 Å². The van der Waals surface area contributed by atoms with Crippen molar-refractivity contribution in [1.29, 1.82) is 0 Å². The van der Waals surface area contributed by atoms with Crippen LogP contribution in [0.2, 0.25) is 0 Å². The van der Waals surface area contributed by atoms with E-state index in [4.69, 9.17) is 4.74 Å². The lowest BCUT2D eigenvalue weighted by Crippen LogP contribution is -2.14. The van der Waals surface area contributed by atoms with Gasteiger partial charge in [-0.1, -0.05) is 0 Å². The minimum Gasteiger partial charge on any atom is -0.477 e. The van der Waals surface area contributed by atoms with Gasteiger partial charge >= 0.3 is 0 Å². The minimum absolute atomic E-state index is 0.255. The second-order valence-electron chi connectivity index (χ2n) is 5.20. The molecule has 0 atom stereocenters. The zero-order chi connectivity index (χ0) is 14.9. The Balaban J connectivity index is 1.94. The van der Waals surface area contributed by atoms with Crippen LogP contribution in [0.25, 0.3) is 22.4 Å². The molecule has 0 fully saturated rings. The largest absolute Gasteiger partial charge is 0.477 e. The summed E-state index contributed by atoms with van der Waals surface area (Å²) >= 11 is 0. The van der Waals surface area contributed by atoms with E-state index in [0.29, 0.717) is 6.61 Å². The molecule has 22 heavy (non-hydrogen) atoms. The molecule has 5 heteroatoms. The molecule has 0 spiro atoms. The molecular formula is C17H14FN3O. The van der Waals surface area contributed by atoms with Crippen LogP contribution in [-0.4, -0.2) is 21.4 Å². The number of hydrogen-bond acceptors (Lipinski definition) is 3. The number of pyridine rings is 1. The Bertz CT molecular complexity index is 797. The molecule has 4 nitrogen and oxygen atoms in total. The van der Waals surface area contributed by atoms with Gasteiger partial charge in [0.25, 0.3) is 0 Å². The maximum atomic E-state index is 13.2. The molecule has 110 valence electrons. The molecule has 3 aromatic rings. The van der Waals surface area contributed by atoms with Gasteiger partial charge in [-0.3, -0.25) is 4.98 Å². The lowest BCUT2D eigenvalue weighted by Gasteiger charge is -2.16. The Kier molecular flexibility index (Phi) is 3.11. The number of fused-ring (bicyclic) bond motifs is 1. The van der Waals surface area contributed by atoms with Crippen molar-refractivity contribution in [2.45, 2.75) is 13.0 Å². The molecule has 1 aromatic carbocycles. The second-order valence-corrected chi connectivity index (χ2v) is 5.20. The van der Waals surface area contributed by atoms with Crippen LogP contribution in [0.1, 0.15) is 6.42 Å². The fourth-order valence-electron chi connectivity index (χ4n) is 2.72. The predicted molar refractivity (Wildman–Crippen MR) is 81.0 cm³/mol. The van der Waals surface area contributed by atoms with E-state index in [-0.39, 0.29) is 5.82 Å². The van der Waals surface area contributed by atoms with Gasteiger partial charge in [0.1, 0.15) is 11.5 Å². The SMILES string of the molecule is Fc1ccc(-c2nn3c(c2-c2ccncc2)OCCC3)cc1. The van der Waals surface area contributed by atoms with Crippen molar-refractivity contribution < 1.29 is 9.13 Å². The van der Waals surface area contributed by atoms with Crippen molar-refractivity contribution in [3.63, 3.8) is 0 Å². The van der Waals surface area contributed by atoms with E-state index < -0.39 is 0 Å². The smallest absolute Gasteiger partial charge is 0.220 e. The molecule has 0 bridgehead atoms. The number of aromatic nitrogens is 3. The summed E-state index contributed by atoms with van der Waals surface area (Å²) in [4.78, 5) is 4.06. The van der Waals surface area contributed by atoms with Crippen LogP contribution < -0.4 is 4.74 Å². The van der Waals surface area contributed by atoms with E-state index in [1.54, 1.807) is 24.5 Å². The summed E-state index contributed by atoms with van der Waals surface area (Å²) in [6, 6.07) is 10.3. The zero-order valence-electron chi connectivity index (χ0n) is 11.9. The Labute approximate surface area is 127 Å². The molecule has 0 saturated heterocycles. The fraction of sp³-hybridized carbons (Fsp3) is 0.176. The van der Waals surface area contributed by atoms with E-state index in [2.05, 4.69) is 10.1 Å². The van der Waals surface area contributed by atoms with Crippen molar-refractivity contribution >= 4 is 0 Å². The maximum absolute atomic E-state index is 13.2. The molecule has 0 saturated carbocycles. The van der Waals surface area contributed by atoms with E-state index >= 15 is 0 Å². The van der Waals surface area contributed by atoms with E-state index in [9.17, 15) is 4.39 Å². The van der Waals surface area contributed by atoms with Crippen LogP contribution in [0.15, 0.2) is 48.8 Å². The quantitative estimate of drug-likeness (QED) is 0.726. The predicted octanol–water partition coefficient (Wildman–Crippen LogP) is 3.53. The van der Waals surface area contributed by atoms with Gasteiger partial charge in [-0.2, -0.15) is 5.10 Å². The van der Waals surface area contributed by atoms with Gasteiger partial charge in [-0.05, 0) is 42.0 Å². The maximum Gasteiger partial charge on any atom is 0.220 e. The average molecular weight is 295 g/mol. The Morgan fingerprint density at radius 2 is 1.77 bits per heavy atom. The number of hydrogen-bond donors (Lipinski definition) is 0. The standard InChI is InChI=1S/C17H14FN3O/c18-14-4-2-13(3-5-14)16-15(12-6-8-19-9-7-12)17-21(20-16)10-1-11-22-17/h2-9H,1,10-11H2. The van der Waals surface area contributed by atoms with Crippen LogP contribution in [-0.2, 0) is 6.54 Å². The molecule has 0 aliphatic carbocycles. The number of ether oxygens (including phenoxy) is 1. The number of aryl methyl sites for hydroxylation is 1. The summed E-state index contributed by atoms with van der Waals surface area (Å²) in [6.07, 6.45) is 4.43. The summed E-state index contributed by atoms with van der Waals surface area (Å²) in [7, 11) is 0. The first kappa shape index (κ1) is 13.0. The molecular weight excluding hydrogens is 281 g/mol. The molecule has 4 rings (SSSR count). The third-order valence-corrected chi connectivity index (χ3v) is 3.75. The van der Waals surface area contributed by atoms with Gasteiger partial charge in [0.05, 0.1) is 12.2 Å². The van der Waals surface area contributed by atoms with Crippen molar-refractivity contribution in [2.75, 3.05) is 6.61 Å². The van der Waals surface area contributed by atoms with E-state index in [0.717, 1.165) is 41.2 Å². The molecule has 3 heterocycles. The van der Waals surface area contributed by atoms with Crippen molar-refractivity contribution in [3.8, 4) is 28.3 Å². The first-order chi connectivity index (χ1) is 10.8. The van der Waals surface area contributed by atoms with E-state index in [1.165, 1.54) is 12.1 Å². The second kappa shape index (κ2) is 5.26. The summed E-state index contributed by atoms with van der Waals surface area (Å²) < 4.78 is 20.9. The summed E-state index contributed by atoms with van der Waals surface area (Å²) in [5.41, 5.74) is 3.62. The number of benzene rings is 1. The molecule has 0 radical (unpaired) electrons. The fourth-order valence-corrected chi connectivity index (χ4v) is 2.72. The van der Waals surface area contributed by atoms with Crippen molar-refractivity contribution in [3.05, 3.63) is 54.6 Å². The molecule has 2 aromatic heterocycles. The van der Waals surface area contributed by atoms with Crippen LogP contribution in [0.5, 0.6) is 5.88 Å². The summed E-state index contributed by atoms with van der Waals surface area (Å²) in [6.45, 7) is 1.52. The highest BCUT2D eigenvalue weighted by molar-refractivity contribution is 5.84. The highest BCUT2D eigenvalue weighted by Gasteiger charge is 2.24. The molecule has 0 unspecified atom stereocenters. The van der Waals surface area contributed by atoms with Crippen LogP contribution in [0, 0.1) is 5.82 Å². The third kappa shape index (κ3) is 2.15. The average Bonchev–Trinajstić information content (AvgIpc) is 2.96. The van der Waals surface area contributed by atoms with Crippen LogP contribution >= 0.6 is 0 Å². The van der Waals surface area contributed by atoms with Crippen molar-refractivity contribution in [1.82, 2.24) is 14.8 Å². The highest BCUT2D eigenvalue weighted by atomic mass is 19.1. The minimum atomic E-state index is -0.255. The van der Waals surface area contributed by atoms with Crippen LogP contribution in [0.4, 0.5) is 4.39 Å². The van der Waals surface area contributed by atoms with Gasteiger partial charge in [0.2, 0.25) is 5.88 Å². The Morgan fingerprint density at radius 1 is 1.00 bits per heavy atom. The first-order valence-electron chi connectivity index (χ1n) is 7.23.